The summed E-state index contributed by atoms with van der Waals surface area (Å²) in [7, 11) is 1.80. The fraction of sp³-hybridized carbons (Fsp3) is 0.182. The van der Waals surface area contributed by atoms with E-state index in [1.807, 2.05) is 0 Å². The molecule has 1 heterocycles. The van der Waals surface area contributed by atoms with Crippen LogP contribution in [0, 0.1) is 5.82 Å². The fourth-order valence-electron chi connectivity index (χ4n) is 1.52. The molecule has 5 heteroatoms. The normalized spacial score (nSPS) is 10.8. The molecule has 1 aromatic carbocycles. The van der Waals surface area contributed by atoms with Gasteiger partial charge in [-0.15, -0.1) is 0 Å². The highest BCUT2D eigenvalue weighted by Crippen LogP contribution is 2.25. The molecule has 0 aliphatic rings. The van der Waals surface area contributed by atoms with E-state index >= 15 is 0 Å². The van der Waals surface area contributed by atoms with E-state index in [-0.39, 0.29) is 12.4 Å². The molecule has 0 bridgehead atoms. The van der Waals surface area contributed by atoms with Crippen molar-refractivity contribution in [3.63, 3.8) is 0 Å². The molecule has 3 nitrogen and oxygen atoms in total. The van der Waals surface area contributed by atoms with Crippen LogP contribution in [0.1, 0.15) is 5.69 Å². The average molecular weight is 285 g/mol. The van der Waals surface area contributed by atoms with Crippen molar-refractivity contribution in [1.82, 2.24) is 9.55 Å². The van der Waals surface area contributed by atoms with Crippen LogP contribution in [0.4, 0.5) is 4.39 Å². The molecule has 0 spiro atoms. The second-order valence-corrected chi connectivity index (χ2v) is 4.15. The first-order chi connectivity index (χ1) is 7.63. The lowest BCUT2D eigenvalue weighted by Gasteiger charge is -2.02. The number of nitrogens with zero attached hydrogens (tertiary/aromatic N) is 2. The summed E-state index contributed by atoms with van der Waals surface area (Å²) >= 11 is 3.32. The molecule has 0 saturated carbocycles. The van der Waals surface area contributed by atoms with E-state index in [0.29, 0.717) is 21.7 Å². The number of hydrogen-bond donors (Lipinski definition) is 1. The Balaban J connectivity index is 2.56. The maximum atomic E-state index is 13.1. The van der Waals surface area contributed by atoms with Gasteiger partial charge in [-0.25, -0.2) is 9.37 Å². The van der Waals surface area contributed by atoms with Crippen molar-refractivity contribution in [3.8, 4) is 11.4 Å². The predicted molar refractivity (Wildman–Crippen MR) is 62.2 cm³/mol. The molecule has 16 heavy (non-hydrogen) atoms. The van der Waals surface area contributed by atoms with Crippen LogP contribution in [0.2, 0.25) is 0 Å². The van der Waals surface area contributed by atoms with Crippen LogP contribution in [0.15, 0.2) is 28.9 Å². The van der Waals surface area contributed by atoms with Crippen molar-refractivity contribution in [1.29, 1.82) is 0 Å². The molecule has 2 rings (SSSR count). The first kappa shape index (κ1) is 11.3. The van der Waals surface area contributed by atoms with Gasteiger partial charge in [0.25, 0.3) is 0 Å². The highest BCUT2D eigenvalue weighted by Gasteiger charge is 2.13. The minimum absolute atomic E-state index is 0.149. The summed E-state index contributed by atoms with van der Waals surface area (Å²) in [5.74, 6) is 0.317. The molecule has 0 amide bonds. The molecule has 0 unspecified atom stereocenters. The van der Waals surface area contributed by atoms with Gasteiger partial charge in [0.15, 0.2) is 0 Å². The third kappa shape index (κ3) is 1.88. The Labute approximate surface area is 101 Å². The predicted octanol–water partition coefficient (Wildman–Crippen LogP) is 2.48. The standard InChI is InChI=1S/C11H10BrFN2O/c1-15-10(12)9(6-16)14-11(15)7-3-2-4-8(13)5-7/h2-5,16H,6H2,1H3. The molecule has 0 atom stereocenters. The number of aliphatic hydroxyl groups is 1. The van der Waals surface area contributed by atoms with Gasteiger partial charge in [-0.2, -0.15) is 0 Å². The largest absolute Gasteiger partial charge is 0.390 e. The highest BCUT2D eigenvalue weighted by atomic mass is 79.9. The van der Waals surface area contributed by atoms with Gasteiger partial charge in [-0.3, -0.25) is 0 Å². The molecule has 0 aliphatic carbocycles. The van der Waals surface area contributed by atoms with Crippen LogP contribution in [-0.4, -0.2) is 14.7 Å². The highest BCUT2D eigenvalue weighted by molar-refractivity contribution is 9.10. The van der Waals surface area contributed by atoms with Crippen LogP contribution in [-0.2, 0) is 13.7 Å². The van der Waals surface area contributed by atoms with Gasteiger partial charge in [0.1, 0.15) is 16.2 Å². The second-order valence-electron chi connectivity index (χ2n) is 3.40. The van der Waals surface area contributed by atoms with Gasteiger partial charge < -0.3 is 9.67 Å². The molecule has 0 fully saturated rings. The van der Waals surface area contributed by atoms with Gasteiger partial charge in [0, 0.05) is 12.6 Å². The van der Waals surface area contributed by atoms with Crippen LogP contribution >= 0.6 is 15.9 Å². The SMILES string of the molecule is Cn1c(-c2cccc(F)c2)nc(CO)c1Br. The summed E-state index contributed by atoms with van der Waals surface area (Å²) in [6.45, 7) is -0.149. The summed E-state index contributed by atoms with van der Waals surface area (Å²) < 4.78 is 15.5. The van der Waals surface area contributed by atoms with E-state index in [4.69, 9.17) is 5.11 Å². The van der Waals surface area contributed by atoms with Crippen molar-refractivity contribution >= 4 is 15.9 Å². The number of halogens is 2. The monoisotopic (exact) mass is 284 g/mol. The summed E-state index contributed by atoms with van der Waals surface area (Å²) in [5.41, 5.74) is 1.23. The first-order valence-electron chi connectivity index (χ1n) is 4.71. The van der Waals surface area contributed by atoms with Crippen molar-refractivity contribution in [2.24, 2.45) is 7.05 Å². The van der Waals surface area contributed by atoms with E-state index in [9.17, 15) is 4.39 Å². The summed E-state index contributed by atoms with van der Waals surface area (Å²) in [5, 5.41) is 9.08. The van der Waals surface area contributed by atoms with Gasteiger partial charge >= 0.3 is 0 Å². The number of benzene rings is 1. The molecule has 84 valence electrons. The Kier molecular flexibility index (Phi) is 3.07. The quantitative estimate of drug-likeness (QED) is 0.920. The lowest BCUT2D eigenvalue weighted by molar-refractivity contribution is 0.276. The lowest BCUT2D eigenvalue weighted by atomic mass is 10.2. The van der Waals surface area contributed by atoms with Gasteiger partial charge in [0.05, 0.1) is 12.3 Å². The van der Waals surface area contributed by atoms with Crippen LogP contribution in [0.25, 0.3) is 11.4 Å². The maximum absolute atomic E-state index is 13.1. The summed E-state index contributed by atoms with van der Waals surface area (Å²) in [6, 6.07) is 6.20. The Morgan fingerprint density at radius 3 is 2.81 bits per heavy atom. The molecular weight excluding hydrogens is 275 g/mol. The third-order valence-electron chi connectivity index (χ3n) is 2.32. The molecule has 1 aromatic heterocycles. The molecule has 0 aliphatic heterocycles. The Bertz CT molecular complexity index is 525. The molecule has 2 aromatic rings. The number of rotatable bonds is 2. The van der Waals surface area contributed by atoms with Crippen molar-refractivity contribution in [2.45, 2.75) is 6.61 Å². The van der Waals surface area contributed by atoms with Crippen molar-refractivity contribution in [3.05, 3.63) is 40.4 Å². The third-order valence-corrected chi connectivity index (χ3v) is 3.31. The number of aromatic nitrogens is 2. The van der Waals surface area contributed by atoms with Gasteiger partial charge in [0.2, 0.25) is 0 Å². The molecule has 1 N–H and O–H groups in total. The zero-order valence-corrected chi connectivity index (χ0v) is 10.2. The zero-order chi connectivity index (χ0) is 11.7. The maximum Gasteiger partial charge on any atom is 0.141 e. The summed E-state index contributed by atoms with van der Waals surface area (Å²) in [4.78, 5) is 4.24. The van der Waals surface area contributed by atoms with E-state index < -0.39 is 0 Å². The van der Waals surface area contributed by atoms with Crippen LogP contribution in [0.3, 0.4) is 0 Å². The Hall–Kier alpha value is -1.20. The topological polar surface area (TPSA) is 38.0 Å². The second kappa shape index (κ2) is 4.35. The Morgan fingerprint density at radius 2 is 2.25 bits per heavy atom. The van der Waals surface area contributed by atoms with Crippen molar-refractivity contribution in [2.75, 3.05) is 0 Å². The minimum atomic E-state index is -0.304. The lowest BCUT2D eigenvalue weighted by Crippen LogP contribution is -1.93. The van der Waals surface area contributed by atoms with Gasteiger partial charge in [-0.05, 0) is 28.1 Å². The number of aliphatic hydroxyl groups excluding tert-OH is 1. The van der Waals surface area contributed by atoms with E-state index in [1.165, 1.54) is 12.1 Å². The number of hydrogen-bond acceptors (Lipinski definition) is 2. The van der Waals surface area contributed by atoms with Crippen LogP contribution < -0.4 is 0 Å². The summed E-state index contributed by atoms with van der Waals surface area (Å²) in [6.07, 6.45) is 0. The first-order valence-corrected chi connectivity index (χ1v) is 5.50. The smallest absolute Gasteiger partial charge is 0.141 e. The molecular formula is C11H10BrFN2O. The van der Waals surface area contributed by atoms with Crippen molar-refractivity contribution < 1.29 is 9.50 Å². The average Bonchev–Trinajstić information content (AvgIpc) is 2.56. The van der Waals surface area contributed by atoms with E-state index in [2.05, 4.69) is 20.9 Å². The molecule has 0 radical (unpaired) electrons. The van der Waals surface area contributed by atoms with Crippen LogP contribution in [0.5, 0.6) is 0 Å². The Morgan fingerprint density at radius 1 is 1.50 bits per heavy atom. The number of imidazole rings is 1. The van der Waals surface area contributed by atoms with Gasteiger partial charge in [-0.1, -0.05) is 12.1 Å². The fourth-order valence-corrected chi connectivity index (χ4v) is 1.90. The minimum Gasteiger partial charge on any atom is -0.390 e. The van der Waals surface area contributed by atoms with E-state index in [0.717, 1.165) is 0 Å². The zero-order valence-electron chi connectivity index (χ0n) is 8.61. The molecule has 0 saturated heterocycles. The van der Waals surface area contributed by atoms with E-state index in [1.54, 1.807) is 23.7 Å².